The smallest absolute Gasteiger partial charge is 0.245 e. The van der Waals surface area contributed by atoms with Gasteiger partial charge in [0.05, 0.1) is 5.69 Å². The molecule has 0 radical (unpaired) electrons. The Kier molecular flexibility index (Phi) is 6.27. The molecule has 27 heavy (non-hydrogen) atoms. The van der Waals surface area contributed by atoms with Gasteiger partial charge in [0.1, 0.15) is 11.8 Å². The zero-order valence-corrected chi connectivity index (χ0v) is 16.0. The van der Waals surface area contributed by atoms with Crippen molar-refractivity contribution in [1.82, 2.24) is 15.4 Å². The fraction of sp³-hybridized carbons (Fsp3) is 0.476. The number of hydrogen-bond donors (Lipinski definition) is 1. The number of aryl methyl sites for hydroxylation is 2. The summed E-state index contributed by atoms with van der Waals surface area (Å²) in [6.07, 6.45) is 3.44. The van der Waals surface area contributed by atoms with Crippen molar-refractivity contribution in [3.8, 4) is 0 Å². The maximum atomic E-state index is 12.9. The molecule has 2 amide bonds. The van der Waals surface area contributed by atoms with Crippen LogP contribution < -0.4 is 5.32 Å². The summed E-state index contributed by atoms with van der Waals surface area (Å²) in [4.78, 5) is 27.3. The molecule has 2 aromatic rings. The monoisotopic (exact) mass is 369 g/mol. The van der Waals surface area contributed by atoms with Gasteiger partial charge >= 0.3 is 0 Å². The first kappa shape index (κ1) is 19.1. The lowest BCUT2D eigenvalue weighted by molar-refractivity contribution is -0.135. The van der Waals surface area contributed by atoms with Gasteiger partial charge in [-0.15, -0.1) is 0 Å². The quantitative estimate of drug-likeness (QED) is 0.814. The van der Waals surface area contributed by atoms with E-state index in [1.165, 1.54) is 0 Å². The Balaban J connectivity index is 1.64. The highest BCUT2D eigenvalue weighted by Gasteiger charge is 2.28. The number of aromatic nitrogens is 1. The van der Waals surface area contributed by atoms with Crippen LogP contribution in [-0.2, 0) is 22.4 Å². The predicted octanol–water partition coefficient (Wildman–Crippen LogP) is 2.57. The van der Waals surface area contributed by atoms with Gasteiger partial charge in [-0.3, -0.25) is 9.59 Å². The molecule has 3 rings (SSSR count). The number of hydrogen-bond acceptors (Lipinski definition) is 4. The van der Waals surface area contributed by atoms with Gasteiger partial charge in [0.25, 0.3) is 0 Å². The molecule has 144 valence electrons. The van der Waals surface area contributed by atoms with Crippen LogP contribution in [0.25, 0.3) is 0 Å². The van der Waals surface area contributed by atoms with Crippen LogP contribution in [0.4, 0.5) is 0 Å². The van der Waals surface area contributed by atoms with Gasteiger partial charge in [0.2, 0.25) is 11.8 Å². The van der Waals surface area contributed by atoms with Crippen LogP contribution in [0.1, 0.15) is 41.8 Å². The summed E-state index contributed by atoms with van der Waals surface area (Å²) in [5, 5.41) is 6.89. The second kappa shape index (κ2) is 8.84. The third-order valence-electron chi connectivity index (χ3n) is 5.12. The molecule has 1 atom stereocenters. The van der Waals surface area contributed by atoms with Gasteiger partial charge in [-0.05, 0) is 38.7 Å². The van der Waals surface area contributed by atoms with Gasteiger partial charge in [-0.1, -0.05) is 35.5 Å². The summed E-state index contributed by atoms with van der Waals surface area (Å²) in [6, 6.07) is 9.30. The molecule has 1 unspecified atom stereocenters. The van der Waals surface area contributed by atoms with Crippen LogP contribution >= 0.6 is 0 Å². The number of nitrogens with zero attached hydrogens (tertiary/aromatic N) is 2. The lowest BCUT2D eigenvalue weighted by Crippen LogP contribution is -2.49. The number of nitrogens with one attached hydrogen (secondary N) is 1. The average Bonchev–Trinajstić information content (AvgIpc) is 3.30. The normalized spacial score (nSPS) is 15.0. The summed E-state index contributed by atoms with van der Waals surface area (Å²) in [5.41, 5.74) is 2.82. The van der Waals surface area contributed by atoms with Crippen LogP contribution in [0, 0.1) is 13.8 Å². The molecule has 1 saturated heterocycles. The molecule has 1 aliphatic heterocycles. The van der Waals surface area contributed by atoms with Crippen molar-refractivity contribution in [1.29, 1.82) is 0 Å². The molecule has 0 spiro atoms. The number of likely N-dealkylation sites (tertiary alicyclic amines) is 1. The third-order valence-corrected chi connectivity index (χ3v) is 5.12. The lowest BCUT2D eigenvalue weighted by atomic mass is 10.0. The number of carbonyl (C=O) groups is 2. The fourth-order valence-electron chi connectivity index (χ4n) is 3.57. The van der Waals surface area contributed by atoms with Crippen molar-refractivity contribution in [2.45, 2.75) is 52.0 Å². The second-order valence-corrected chi connectivity index (χ2v) is 7.14. The Hall–Kier alpha value is -2.63. The van der Waals surface area contributed by atoms with Crippen molar-refractivity contribution < 1.29 is 14.1 Å². The van der Waals surface area contributed by atoms with E-state index in [0.29, 0.717) is 19.3 Å². The largest absolute Gasteiger partial charge is 0.361 e. The van der Waals surface area contributed by atoms with E-state index in [0.717, 1.165) is 48.5 Å². The minimum Gasteiger partial charge on any atom is -0.361 e. The molecule has 0 bridgehead atoms. The Morgan fingerprint density at radius 2 is 1.89 bits per heavy atom. The molecule has 6 nitrogen and oxygen atoms in total. The van der Waals surface area contributed by atoms with E-state index in [1.54, 1.807) is 0 Å². The first-order chi connectivity index (χ1) is 13.0. The van der Waals surface area contributed by atoms with Crippen molar-refractivity contribution in [2.24, 2.45) is 0 Å². The standard InChI is InChI=1S/C21H27N3O3/c1-15-18(16(2)27-23-15)10-11-20(25)22-19(14-17-8-4-3-5-9-17)21(26)24-12-6-7-13-24/h3-5,8-9,19H,6-7,10-14H2,1-2H3,(H,22,25). The second-order valence-electron chi connectivity index (χ2n) is 7.14. The molecule has 1 fully saturated rings. The van der Waals surface area contributed by atoms with Crippen molar-refractivity contribution in [2.75, 3.05) is 13.1 Å². The lowest BCUT2D eigenvalue weighted by Gasteiger charge is -2.24. The first-order valence-electron chi connectivity index (χ1n) is 9.58. The number of carbonyl (C=O) groups excluding carboxylic acids is 2. The number of amides is 2. The van der Waals surface area contributed by atoms with E-state index in [1.807, 2.05) is 49.1 Å². The average molecular weight is 369 g/mol. The molecule has 6 heteroatoms. The highest BCUT2D eigenvalue weighted by Crippen LogP contribution is 2.15. The minimum absolute atomic E-state index is 0.0158. The SMILES string of the molecule is Cc1noc(C)c1CCC(=O)NC(Cc1ccccc1)C(=O)N1CCCC1. The molecule has 1 aliphatic rings. The van der Waals surface area contributed by atoms with Gasteiger partial charge in [-0.25, -0.2) is 0 Å². The maximum absolute atomic E-state index is 12.9. The van der Waals surface area contributed by atoms with Crippen LogP contribution in [0.3, 0.4) is 0 Å². The van der Waals surface area contributed by atoms with Crippen LogP contribution in [0.2, 0.25) is 0 Å². The van der Waals surface area contributed by atoms with E-state index in [-0.39, 0.29) is 11.8 Å². The van der Waals surface area contributed by atoms with Gasteiger partial charge in [-0.2, -0.15) is 0 Å². The van der Waals surface area contributed by atoms with Crippen molar-refractivity contribution >= 4 is 11.8 Å². The summed E-state index contributed by atoms with van der Waals surface area (Å²) in [5.74, 6) is 0.639. The third kappa shape index (κ3) is 4.96. The van der Waals surface area contributed by atoms with E-state index >= 15 is 0 Å². The predicted molar refractivity (Wildman–Crippen MR) is 102 cm³/mol. The molecule has 1 N–H and O–H groups in total. The summed E-state index contributed by atoms with van der Waals surface area (Å²) >= 11 is 0. The van der Waals surface area contributed by atoms with Crippen molar-refractivity contribution in [3.63, 3.8) is 0 Å². The topological polar surface area (TPSA) is 75.4 Å². The van der Waals surface area contributed by atoms with Gasteiger partial charge < -0.3 is 14.7 Å². The Bertz CT molecular complexity index is 760. The van der Waals surface area contributed by atoms with E-state index in [4.69, 9.17) is 4.52 Å². The zero-order chi connectivity index (χ0) is 19.2. The zero-order valence-electron chi connectivity index (χ0n) is 16.0. The summed E-state index contributed by atoms with van der Waals surface area (Å²) in [6.45, 7) is 5.28. The highest BCUT2D eigenvalue weighted by atomic mass is 16.5. The Labute approximate surface area is 159 Å². The Morgan fingerprint density at radius 1 is 1.19 bits per heavy atom. The molecule has 0 saturated carbocycles. The van der Waals surface area contributed by atoms with Crippen LogP contribution in [-0.4, -0.2) is 41.0 Å². The Morgan fingerprint density at radius 3 is 2.52 bits per heavy atom. The molecular formula is C21H27N3O3. The van der Waals surface area contributed by atoms with E-state index in [2.05, 4.69) is 10.5 Å². The van der Waals surface area contributed by atoms with Crippen LogP contribution in [0.15, 0.2) is 34.9 Å². The molecule has 1 aromatic heterocycles. The maximum Gasteiger partial charge on any atom is 0.245 e. The first-order valence-corrected chi connectivity index (χ1v) is 9.58. The van der Waals surface area contributed by atoms with E-state index in [9.17, 15) is 9.59 Å². The van der Waals surface area contributed by atoms with Crippen LogP contribution in [0.5, 0.6) is 0 Å². The van der Waals surface area contributed by atoms with Crippen molar-refractivity contribution in [3.05, 3.63) is 52.9 Å². The molecular weight excluding hydrogens is 342 g/mol. The molecule has 2 heterocycles. The van der Waals surface area contributed by atoms with Gasteiger partial charge in [0.15, 0.2) is 0 Å². The van der Waals surface area contributed by atoms with E-state index < -0.39 is 6.04 Å². The summed E-state index contributed by atoms with van der Waals surface area (Å²) < 4.78 is 5.15. The fourth-order valence-corrected chi connectivity index (χ4v) is 3.57. The number of rotatable bonds is 7. The number of benzene rings is 1. The summed E-state index contributed by atoms with van der Waals surface area (Å²) in [7, 11) is 0. The highest BCUT2D eigenvalue weighted by molar-refractivity contribution is 5.88. The minimum atomic E-state index is -0.525. The molecule has 0 aliphatic carbocycles. The van der Waals surface area contributed by atoms with Gasteiger partial charge in [0, 0.05) is 31.5 Å². The molecule has 1 aromatic carbocycles.